The fraction of sp³-hybridized carbons (Fsp3) is 0.500. The number of aromatic nitrogens is 8. The Bertz CT molecular complexity index is 6610. The van der Waals surface area contributed by atoms with Crippen LogP contribution in [-0.2, 0) is 85.5 Å². The van der Waals surface area contributed by atoms with Crippen LogP contribution in [0.5, 0.6) is 0 Å². The summed E-state index contributed by atoms with van der Waals surface area (Å²) < 4.78 is 85.2. The highest BCUT2D eigenvalue weighted by Gasteiger charge is 2.60. The highest BCUT2D eigenvalue weighted by Crippen LogP contribution is 2.46. The number of allylic oxidation sites excluding steroid dienone is 8. The number of ether oxygens (including phenoxy) is 14. The average molecular weight is 2060 g/mol. The summed E-state index contributed by atoms with van der Waals surface area (Å²) in [7, 11) is 0. The van der Waals surface area contributed by atoms with E-state index in [-0.39, 0.29) is 38.5 Å². The number of esters is 2. The lowest BCUT2D eigenvalue weighted by molar-refractivity contribution is -0.404. The minimum Gasteiger partial charge on any atom is -0.481 e. The summed E-state index contributed by atoms with van der Waals surface area (Å²) in [6.07, 6.45) is -59.4. The molecule has 796 valence electrons. The number of aromatic amines is 4. The standard InChI is InChI=1S/C104H124N8O36/c1-13-47-39(5)55-25-57-43(9)51(17-21-77(117)118)67(109-57)31-70-54(46(12)62(112-70)30-66-50(16-4)42(8)60(108-66)28-63(47)105-55)20-24-80(122)136-38-76-98-86(128)92(134)104(142-76)146-96-74(36-116)138-100(88(130)82(96)124)143-93-71(33-113)139-101(89(131)83(93)125)147-97-75(141-103(91(133)85(97)127)145-95-73(35-115)137-99(87(129)81(95)123)144-94-72(34-114)140-102(148-98)90(132)84(94)126)37-135-79(121)23-19-53-45(11)58-26-56-40(6)48(14-2)64(106-56)27-59-41(7)49(15-3)65(107-59)29-61-44(10)52(18-22-78(119)120)68(111-61)32-69(53)110-58/h13-16,25-32,71-76,81-108,113-116,123-134H,1-4,17-24,33-38H2,5-12H3,(H,117,118)(H,119,120). The van der Waals surface area contributed by atoms with Gasteiger partial charge < -0.3 is 178 Å². The Labute approximate surface area is 845 Å². The van der Waals surface area contributed by atoms with Crippen molar-refractivity contribution in [3.05, 3.63) is 165 Å². The van der Waals surface area contributed by atoms with Crippen LogP contribution in [0, 0.1) is 27.7 Å². The van der Waals surface area contributed by atoms with Crippen molar-refractivity contribution in [1.82, 2.24) is 39.9 Å². The third-order valence-electron chi connectivity index (χ3n) is 29.5. The zero-order valence-corrected chi connectivity index (χ0v) is 82.2. The minimum absolute atomic E-state index is 0.0699. The van der Waals surface area contributed by atoms with Crippen LogP contribution in [0.4, 0.5) is 0 Å². The molecule has 28 bridgehead atoms. The van der Waals surface area contributed by atoms with Gasteiger partial charge in [0.2, 0.25) is 0 Å². The largest absolute Gasteiger partial charge is 0.481 e. The van der Waals surface area contributed by atoms with Gasteiger partial charge in [0.05, 0.1) is 72.0 Å². The summed E-state index contributed by atoms with van der Waals surface area (Å²) in [6.45, 7) is 24.9. The van der Waals surface area contributed by atoms with E-state index in [0.29, 0.717) is 118 Å². The Balaban J connectivity index is 0.648. The maximum atomic E-state index is 14.6. The molecular weight excluding hydrogens is 1940 g/mol. The zero-order chi connectivity index (χ0) is 106. The molecule has 0 radical (unpaired) electrons. The number of aliphatic hydroxyl groups is 16. The molecule has 0 amide bonds. The number of fused-ring (bicyclic) bond motifs is 16. The number of nitrogens with one attached hydrogen (secondary N) is 4. The van der Waals surface area contributed by atoms with E-state index in [4.69, 9.17) is 86.3 Å². The number of hydrogen-bond acceptors (Lipinski definition) is 38. The summed E-state index contributed by atoms with van der Waals surface area (Å²) in [5.41, 5.74) is 20.5. The van der Waals surface area contributed by atoms with Crippen LogP contribution in [0.1, 0.15) is 169 Å². The van der Waals surface area contributed by atoms with Gasteiger partial charge in [-0.3, -0.25) is 19.2 Å². The van der Waals surface area contributed by atoms with Gasteiger partial charge in [-0.1, -0.05) is 50.6 Å². The van der Waals surface area contributed by atoms with Crippen LogP contribution in [0.2, 0.25) is 0 Å². The van der Waals surface area contributed by atoms with Crippen molar-refractivity contribution in [2.24, 2.45) is 0 Å². The number of carbonyl (C=O) groups is 4. The van der Waals surface area contributed by atoms with Gasteiger partial charge in [-0.2, -0.15) is 0 Å². The number of aliphatic carboxylic acids is 2. The summed E-state index contributed by atoms with van der Waals surface area (Å²) in [5, 5.41) is 210. The topological polar surface area (TPSA) is 676 Å². The third kappa shape index (κ3) is 21.1. The second-order valence-corrected chi connectivity index (χ2v) is 38.5. The van der Waals surface area contributed by atoms with Crippen molar-refractivity contribution in [3.8, 4) is 0 Å². The molecule has 22 saturated heterocycles. The van der Waals surface area contributed by atoms with Crippen LogP contribution < -0.4 is 0 Å². The fourth-order valence-corrected chi connectivity index (χ4v) is 20.9. The first-order chi connectivity index (χ1) is 70.7. The maximum Gasteiger partial charge on any atom is 0.306 e. The molecule has 6 aromatic rings. The molecule has 30 unspecified atom stereocenters. The molecular formula is C104H124N8O36. The second-order valence-electron chi connectivity index (χ2n) is 38.5. The van der Waals surface area contributed by atoms with Crippen LogP contribution in [0.3, 0.4) is 0 Å². The number of carboxylic acid groups (broad SMARTS) is 2. The highest BCUT2D eigenvalue weighted by molar-refractivity contribution is 6.00. The van der Waals surface area contributed by atoms with Crippen LogP contribution in [0.25, 0.3) is 113 Å². The van der Waals surface area contributed by atoms with Crippen molar-refractivity contribution in [2.75, 3.05) is 39.6 Å². The molecule has 44 nitrogen and oxygen atoms in total. The van der Waals surface area contributed by atoms with Gasteiger partial charge in [0.1, 0.15) is 160 Å². The maximum absolute atomic E-state index is 14.6. The number of carbonyl (C=O) groups excluding carboxylic acids is 2. The fourth-order valence-electron chi connectivity index (χ4n) is 20.9. The van der Waals surface area contributed by atoms with Crippen LogP contribution in [0.15, 0.2) is 74.8 Å². The van der Waals surface area contributed by atoms with E-state index >= 15 is 0 Å². The van der Waals surface area contributed by atoms with Crippen molar-refractivity contribution in [3.63, 3.8) is 0 Å². The number of nitrogens with zero attached hydrogens (tertiary/aromatic N) is 4. The number of rotatable bonds is 24. The van der Waals surface area contributed by atoms with Crippen LogP contribution in [-0.4, -0.2) is 380 Å². The molecule has 0 spiro atoms. The number of carboxylic acids is 2. The van der Waals surface area contributed by atoms with E-state index in [1.165, 1.54) is 0 Å². The molecule has 32 heterocycles. The van der Waals surface area contributed by atoms with Gasteiger partial charge >= 0.3 is 23.9 Å². The van der Waals surface area contributed by atoms with Crippen molar-refractivity contribution in [2.45, 2.75) is 291 Å². The minimum atomic E-state index is -2.36. The van der Waals surface area contributed by atoms with Gasteiger partial charge in [-0.05, 0) is 196 Å². The summed E-state index contributed by atoms with van der Waals surface area (Å²) in [4.78, 5) is 88.1. The zero-order valence-electron chi connectivity index (χ0n) is 82.2. The number of aryl methyl sites for hydroxylation is 4. The van der Waals surface area contributed by atoms with Crippen molar-refractivity contribution in [1.29, 1.82) is 0 Å². The molecule has 44 heteroatoms. The monoisotopic (exact) mass is 2060 g/mol. The van der Waals surface area contributed by atoms with Crippen molar-refractivity contribution >= 4 is 137 Å². The van der Waals surface area contributed by atoms with Crippen molar-refractivity contribution < 1.29 is 177 Å². The lowest BCUT2D eigenvalue weighted by Gasteiger charge is -2.50. The molecule has 22 fully saturated rings. The first kappa shape index (κ1) is 108. The Kier molecular flexibility index (Phi) is 32.8. The molecule has 26 aliphatic rings. The van der Waals surface area contributed by atoms with E-state index in [2.05, 4.69) is 46.3 Å². The van der Waals surface area contributed by atoms with Gasteiger partial charge in [-0.25, -0.2) is 19.9 Å². The Hall–Kier alpha value is -11.1. The second kappa shape index (κ2) is 44.8. The lowest BCUT2D eigenvalue weighted by Crippen LogP contribution is -2.69. The molecule has 22 N–H and O–H groups in total. The lowest BCUT2D eigenvalue weighted by atomic mass is 9.94. The van der Waals surface area contributed by atoms with E-state index in [1.54, 1.807) is 50.3 Å². The van der Waals surface area contributed by atoms with Crippen LogP contribution >= 0.6 is 0 Å². The molecule has 0 aromatic carbocycles. The van der Waals surface area contributed by atoms with E-state index in [1.807, 2.05) is 77.9 Å². The molecule has 148 heavy (non-hydrogen) atoms. The molecule has 32 rings (SSSR count). The SMILES string of the molecule is C=Cc1c(C)c2cc3[nH]c(cc4nc(cc5nc(cc1[nH]2)C(C)=C5CCC(=O)O)C(CCC(=O)OCC1OC2OC5C(CO)OC(OC6C(CO)OC(OC7C(COC(=O)CCC8=C(C)c9cc%10[nH]c(cc%11[nH]c(cc%12nc(cc8n9)C(CCC(=O)O)=C%12C)c(C)c%11C=C)c(C)c%10C=C)OC(OC8C(CO)OC(OC9C(CO)OC(OC1C(O)C2O)C(O)C9O)C(O)C8O)C(O)C7O)C(O)C6O)C(O)C5O)=C4C)c(C)c3C=C. The molecule has 26 aliphatic heterocycles. The normalized spacial score (nSPS) is 32.1. The van der Waals surface area contributed by atoms with Gasteiger partial charge in [0.25, 0.3) is 0 Å². The Morgan fingerprint density at radius 3 is 0.709 bits per heavy atom. The number of aliphatic hydroxyl groups excluding tert-OH is 16. The number of H-pyrrole nitrogens is 4. The quantitative estimate of drug-likeness (QED) is 0.0385. The Morgan fingerprint density at radius 1 is 0.284 bits per heavy atom. The summed E-state index contributed by atoms with van der Waals surface area (Å²) >= 11 is 0. The summed E-state index contributed by atoms with van der Waals surface area (Å²) in [6, 6.07) is 14.7. The van der Waals surface area contributed by atoms with E-state index in [0.717, 1.165) is 61.1 Å². The predicted molar refractivity (Wildman–Crippen MR) is 527 cm³/mol. The first-order valence-corrected chi connectivity index (χ1v) is 48.7. The summed E-state index contributed by atoms with van der Waals surface area (Å²) in [5.74, 6) is -4.04. The Morgan fingerprint density at radius 2 is 0.486 bits per heavy atom. The molecule has 0 aliphatic carbocycles. The molecule has 30 atom stereocenters. The predicted octanol–water partition coefficient (Wildman–Crippen LogP) is 3.52. The smallest absolute Gasteiger partial charge is 0.306 e. The van der Waals surface area contributed by atoms with E-state index < -0.39 is 261 Å². The molecule has 6 aromatic heterocycles. The number of hydrogen-bond donors (Lipinski definition) is 22. The van der Waals surface area contributed by atoms with E-state index in [9.17, 15) is 111 Å². The van der Waals surface area contributed by atoms with Gasteiger partial charge in [0, 0.05) is 92.1 Å². The van der Waals surface area contributed by atoms with Gasteiger partial charge in [0.15, 0.2) is 37.7 Å². The highest BCUT2D eigenvalue weighted by atomic mass is 16.8. The molecule has 0 saturated carbocycles. The first-order valence-electron chi connectivity index (χ1n) is 48.7. The third-order valence-corrected chi connectivity index (χ3v) is 29.5. The average Bonchev–Trinajstić information content (AvgIpc) is 1.16. The van der Waals surface area contributed by atoms with Gasteiger partial charge in [-0.15, -0.1) is 0 Å².